The van der Waals surface area contributed by atoms with Gasteiger partial charge in [0.1, 0.15) is 5.75 Å². The molecule has 0 atom stereocenters. The van der Waals surface area contributed by atoms with Crippen LogP contribution < -0.4 is 15.2 Å². The van der Waals surface area contributed by atoms with Gasteiger partial charge in [0.25, 0.3) is 0 Å². The minimum atomic E-state index is -3.51. The topological polar surface area (TPSA) is 81.4 Å². The van der Waals surface area contributed by atoms with Crippen LogP contribution in [0.1, 0.15) is 32.6 Å². The molecule has 0 aliphatic heterocycles. The number of hydrogen-bond donors (Lipinski definition) is 2. The molecule has 1 fully saturated rings. The van der Waals surface area contributed by atoms with Crippen LogP contribution in [-0.2, 0) is 10.0 Å². The van der Waals surface area contributed by atoms with E-state index >= 15 is 0 Å². The third-order valence-corrected chi connectivity index (χ3v) is 5.63. The first-order valence-corrected chi connectivity index (χ1v) is 8.84. The summed E-state index contributed by atoms with van der Waals surface area (Å²) in [5.41, 5.74) is 6.14. The number of benzene rings is 1. The van der Waals surface area contributed by atoms with Gasteiger partial charge in [-0.25, -0.2) is 13.1 Å². The van der Waals surface area contributed by atoms with Crippen molar-refractivity contribution in [3.63, 3.8) is 0 Å². The van der Waals surface area contributed by atoms with Crippen LogP contribution in [0.2, 0.25) is 0 Å². The lowest BCUT2D eigenvalue weighted by atomic mass is 9.83. The van der Waals surface area contributed by atoms with E-state index in [0.717, 1.165) is 18.8 Å². The third-order valence-electron chi connectivity index (χ3n) is 4.21. The van der Waals surface area contributed by atoms with E-state index in [1.165, 1.54) is 32.1 Å². The molecule has 5 nitrogen and oxygen atoms in total. The van der Waals surface area contributed by atoms with Crippen LogP contribution in [0.25, 0.3) is 0 Å². The number of methoxy groups -OCH3 is 1. The highest BCUT2D eigenvalue weighted by Crippen LogP contribution is 2.28. The van der Waals surface area contributed by atoms with Gasteiger partial charge in [-0.05, 0) is 36.8 Å². The zero-order valence-corrected chi connectivity index (χ0v) is 13.4. The molecular formula is C15H24N2O3S. The molecular weight excluding hydrogens is 288 g/mol. The van der Waals surface area contributed by atoms with Crippen molar-refractivity contribution >= 4 is 15.7 Å². The van der Waals surface area contributed by atoms with Crippen LogP contribution in [0.5, 0.6) is 5.75 Å². The Morgan fingerprint density at radius 1 is 1.29 bits per heavy atom. The molecule has 0 heterocycles. The number of ether oxygens (including phenoxy) is 1. The largest absolute Gasteiger partial charge is 0.495 e. The molecule has 0 radical (unpaired) electrons. The Labute approximate surface area is 126 Å². The van der Waals surface area contributed by atoms with E-state index in [1.54, 1.807) is 6.07 Å². The molecule has 1 aliphatic rings. The first-order valence-electron chi connectivity index (χ1n) is 7.35. The predicted octanol–water partition coefficient (Wildman–Crippen LogP) is 2.38. The molecule has 118 valence electrons. The Morgan fingerprint density at radius 3 is 2.57 bits per heavy atom. The lowest BCUT2D eigenvalue weighted by molar-refractivity contribution is 0.290. The summed E-state index contributed by atoms with van der Waals surface area (Å²) in [6, 6.07) is 4.51. The number of nitrogens with two attached hydrogens (primary N) is 1. The van der Waals surface area contributed by atoms with Crippen LogP contribution >= 0.6 is 0 Å². The number of nitrogen functional groups attached to an aromatic ring is 1. The van der Waals surface area contributed by atoms with Crippen LogP contribution in [-0.4, -0.2) is 22.1 Å². The number of anilines is 1. The van der Waals surface area contributed by atoms with Crippen molar-refractivity contribution in [1.29, 1.82) is 0 Å². The molecule has 1 saturated carbocycles. The lowest BCUT2D eigenvalue weighted by Gasteiger charge is -2.26. The Morgan fingerprint density at radius 2 is 1.95 bits per heavy atom. The van der Waals surface area contributed by atoms with Crippen molar-refractivity contribution in [2.24, 2.45) is 11.8 Å². The predicted molar refractivity (Wildman–Crippen MR) is 83.7 cm³/mol. The first-order chi connectivity index (χ1) is 9.92. The van der Waals surface area contributed by atoms with E-state index in [4.69, 9.17) is 10.5 Å². The van der Waals surface area contributed by atoms with Gasteiger partial charge in [-0.2, -0.15) is 0 Å². The van der Waals surface area contributed by atoms with Crippen LogP contribution in [0.3, 0.4) is 0 Å². The van der Waals surface area contributed by atoms with E-state index in [9.17, 15) is 8.42 Å². The van der Waals surface area contributed by atoms with Gasteiger partial charge in [0, 0.05) is 12.6 Å². The van der Waals surface area contributed by atoms with Gasteiger partial charge in [-0.1, -0.05) is 19.8 Å². The van der Waals surface area contributed by atoms with Crippen molar-refractivity contribution < 1.29 is 13.2 Å². The van der Waals surface area contributed by atoms with E-state index < -0.39 is 10.0 Å². The molecule has 1 aromatic carbocycles. The molecule has 2 rings (SSSR count). The van der Waals surface area contributed by atoms with Crippen LogP contribution in [0.15, 0.2) is 23.1 Å². The number of nitrogens with one attached hydrogen (secondary N) is 1. The quantitative estimate of drug-likeness (QED) is 0.818. The van der Waals surface area contributed by atoms with Gasteiger partial charge in [0.15, 0.2) is 0 Å². The standard InChI is InChI=1S/C15H24N2O3S/c1-11-3-5-12(6-4-11)10-17-21(18,19)13-7-8-14(16)15(9-13)20-2/h7-9,11-12,17H,3-6,10,16H2,1-2H3. The highest BCUT2D eigenvalue weighted by Gasteiger charge is 2.21. The second-order valence-corrected chi connectivity index (χ2v) is 7.65. The smallest absolute Gasteiger partial charge is 0.240 e. The Hall–Kier alpha value is -1.27. The molecule has 0 amide bonds. The van der Waals surface area contributed by atoms with Crippen molar-refractivity contribution in [2.45, 2.75) is 37.5 Å². The van der Waals surface area contributed by atoms with Gasteiger partial charge in [-0.15, -0.1) is 0 Å². The summed E-state index contributed by atoms with van der Waals surface area (Å²) in [5.74, 6) is 1.58. The molecule has 1 aliphatic carbocycles. The van der Waals surface area contributed by atoms with Gasteiger partial charge < -0.3 is 10.5 Å². The maximum absolute atomic E-state index is 12.3. The highest BCUT2D eigenvalue weighted by molar-refractivity contribution is 7.89. The Bertz CT molecular complexity index is 579. The average molecular weight is 312 g/mol. The Balaban J connectivity index is 2.01. The molecule has 0 aromatic heterocycles. The summed E-state index contributed by atoms with van der Waals surface area (Å²) >= 11 is 0. The van der Waals surface area contributed by atoms with Crippen LogP contribution in [0, 0.1) is 11.8 Å². The highest BCUT2D eigenvalue weighted by atomic mass is 32.2. The second-order valence-electron chi connectivity index (χ2n) is 5.88. The molecule has 3 N–H and O–H groups in total. The monoisotopic (exact) mass is 312 g/mol. The normalized spacial score (nSPS) is 23.0. The Kier molecular flexibility index (Phi) is 5.11. The van der Waals surface area contributed by atoms with E-state index in [2.05, 4.69) is 11.6 Å². The summed E-state index contributed by atoms with van der Waals surface area (Å²) in [7, 11) is -2.04. The zero-order chi connectivity index (χ0) is 15.5. The molecule has 0 unspecified atom stereocenters. The molecule has 1 aromatic rings. The summed E-state index contributed by atoms with van der Waals surface area (Å²) in [4.78, 5) is 0.192. The molecule has 0 saturated heterocycles. The van der Waals surface area contributed by atoms with Gasteiger partial charge in [0.05, 0.1) is 17.7 Å². The summed E-state index contributed by atoms with van der Waals surface area (Å²) in [6.07, 6.45) is 4.55. The molecule has 0 bridgehead atoms. The number of hydrogen-bond acceptors (Lipinski definition) is 4. The van der Waals surface area contributed by atoms with Gasteiger partial charge >= 0.3 is 0 Å². The lowest BCUT2D eigenvalue weighted by Crippen LogP contribution is -2.31. The SMILES string of the molecule is COc1cc(S(=O)(=O)NCC2CCC(C)CC2)ccc1N. The van der Waals surface area contributed by atoms with E-state index in [1.807, 2.05) is 0 Å². The molecule has 0 spiro atoms. The first kappa shape index (κ1) is 16.1. The number of rotatable bonds is 5. The fourth-order valence-corrected chi connectivity index (χ4v) is 3.83. The van der Waals surface area contributed by atoms with Crippen molar-refractivity contribution in [3.8, 4) is 5.75 Å². The summed E-state index contributed by atoms with van der Waals surface area (Å²) in [6.45, 7) is 2.75. The van der Waals surface area contributed by atoms with Crippen molar-refractivity contribution in [2.75, 3.05) is 19.4 Å². The van der Waals surface area contributed by atoms with Crippen LogP contribution in [0.4, 0.5) is 5.69 Å². The molecule has 6 heteroatoms. The van der Waals surface area contributed by atoms with E-state index in [0.29, 0.717) is 23.9 Å². The molecule has 21 heavy (non-hydrogen) atoms. The van der Waals surface area contributed by atoms with Gasteiger partial charge in [-0.3, -0.25) is 0 Å². The summed E-state index contributed by atoms with van der Waals surface area (Å²) in [5, 5.41) is 0. The maximum atomic E-state index is 12.3. The maximum Gasteiger partial charge on any atom is 0.240 e. The fraction of sp³-hybridized carbons (Fsp3) is 0.600. The van der Waals surface area contributed by atoms with E-state index in [-0.39, 0.29) is 4.90 Å². The van der Waals surface area contributed by atoms with Gasteiger partial charge in [0.2, 0.25) is 10.0 Å². The minimum absolute atomic E-state index is 0.192. The minimum Gasteiger partial charge on any atom is -0.495 e. The summed E-state index contributed by atoms with van der Waals surface area (Å²) < 4.78 is 32.4. The van der Waals surface area contributed by atoms with Crippen molar-refractivity contribution in [1.82, 2.24) is 4.72 Å². The van der Waals surface area contributed by atoms with Crippen molar-refractivity contribution in [3.05, 3.63) is 18.2 Å². The second kappa shape index (κ2) is 6.66. The zero-order valence-electron chi connectivity index (χ0n) is 12.6. The number of sulfonamides is 1. The fourth-order valence-electron chi connectivity index (χ4n) is 2.70. The third kappa shape index (κ3) is 4.11. The average Bonchev–Trinajstić information content (AvgIpc) is 2.47.